The van der Waals surface area contributed by atoms with E-state index in [1.54, 1.807) is 19.2 Å². The van der Waals surface area contributed by atoms with Gasteiger partial charge in [-0.1, -0.05) is 30.3 Å². The van der Waals surface area contributed by atoms with Gasteiger partial charge in [0.1, 0.15) is 15.8 Å². The van der Waals surface area contributed by atoms with Crippen molar-refractivity contribution in [3.8, 4) is 0 Å². The molecule has 0 spiro atoms. The number of aryl methyl sites for hydroxylation is 1. The van der Waals surface area contributed by atoms with Crippen LogP contribution in [0.2, 0.25) is 5.15 Å². The van der Waals surface area contributed by atoms with Gasteiger partial charge in [-0.3, -0.25) is 0 Å². The summed E-state index contributed by atoms with van der Waals surface area (Å²) in [5.74, 6) is -0.00943. The Labute approximate surface area is 228 Å². The molecule has 0 saturated carbocycles. The van der Waals surface area contributed by atoms with Crippen molar-refractivity contribution in [2.24, 2.45) is 5.41 Å². The Morgan fingerprint density at radius 2 is 1.95 bits per heavy atom. The first-order valence-electron chi connectivity index (χ1n) is 12.4. The molecule has 1 fully saturated rings. The van der Waals surface area contributed by atoms with Gasteiger partial charge in [-0.05, 0) is 71.9 Å². The van der Waals surface area contributed by atoms with Gasteiger partial charge in [0.05, 0.1) is 17.2 Å². The predicted molar refractivity (Wildman–Crippen MR) is 144 cm³/mol. The number of nitrogens with zero attached hydrogens (tertiary/aromatic N) is 4. The highest BCUT2D eigenvalue weighted by Crippen LogP contribution is 2.38. The third-order valence-electron chi connectivity index (χ3n) is 6.39. The number of rotatable bonds is 7. The molecule has 202 valence electrons. The van der Waals surface area contributed by atoms with Gasteiger partial charge in [0.15, 0.2) is 11.5 Å². The maximum absolute atomic E-state index is 12.9. The molecule has 1 unspecified atom stereocenters. The Hall–Kier alpha value is -2.59. The number of hydrogen-bond donors (Lipinski definition) is 1. The molecule has 2 aromatic rings. The number of pyridine rings is 1. The number of esters is 1. The number of halogens is 1. The highest BCUT2D eigenvalue weighted by atomic mass is 35.5. The van der Waals surface area contributed by atoms with Gasteiger partial charge in [-0.25, -0.2) is 24.5 Å². The fourth-order valence-electron chi connectivity index (χ4n) is 4.02. The summed E-state index contributed by atoms with van der Waals surface area (Å²) in [5.41, 5.74) is 0.160. The first kappa shape index (κ1) is 29.0. The molecule has 3 heterocycles. The minimum absolute atomic E-state index is 0.0927. The first-order valence-corrected chi connectivity index (χ1v) is 13.6. The summed E-state index contributed by atoms with van der Waals surface area (Å²) in [6.45, 7) is 14.8. The lowest BCUT2D eigenvalue weighted by molar-refractivity contribution is 0.0439. The molecule has 1 atom stereocenters. The fourth-order valence-corrected chi connectivity index (χ4v) is 5.08. The molecule has 0 aliphatic carbocycles. The van der Waals surface area contributed by atoms with E-state index in [4.69, 9.17) is 26.1 Å². The quantitative estimate of drug-likeness (QED) is 0.344. The largest absolute Gasteiger partial charge is 0.461 e. The Kier molecular flexibility index (Phi) is 9.28. The summed E-state index contributed by atoms with van der Waals surface area (Å²) >= 11 is 7.55. The molecule has 1 N–H and O–H groups in total. The standard InChI is InChI=1S/C26H36ClN5O4S/c1-8-35-23(33)19-21(29-16(2)22(31-19)37-18-10-9-13-28-20(18)27)32-14-11-26(7,12-15-32)17(3)30-24(34)36-25(4,5)6/h9-10,13,17H,8,11-12,14-15H2,1-7H3,(H,30,34). The Morgan fingerprint density at radius 1 is 1.27 bits per heavy atom. The van der Waals surface area contributed by atoms with E-state index in [-0.39, 0.29) is 23.8 Å². The number of anilines is 1. The molecule has 11 heteroatoms. The van der Waals surface area contributed by atoms with Gasteiger partial charge < -0.3 is 19.7 Å². The van der Waals surface area contributed by atoms with E-state index in [9.17, 15) is 9.59 Å². The molecule has 0 radical (unpaired) electrons. The van der Waals surface area contributed by atoms with Crippen LogP contribution < -0.4 is 10.2 Å². The fraction of sp³-hybridized carbons (Fsp3) is 0.577. The zero-order valence-corrected chi connectivity index (χ0v) is 24.1. The van der Waals surface area contributed by atoms with Crippen LogP contribution in [0, 0.1) is 12.3 Å². The van der Waals surface area contributed by atoms with E-state index >= 15 is 0 Å². The van der Waals surface area contributed by atoms with E-state index in [0.717, 1.165) is 17.7 Å². The molecule has 1 saturated heterocycles. The number of carbonyl (C=O) groups is 2. The number of amides is 1. The van der Waals surface area contributed by atoms with E-state index in [1.807, 2.05) is 40.7 Å². The van der Waals surface area contributed by atoms with E-state index < -0.39 is 17.7 Å². The average molecular weight is 550 g/mol. The topological polar surface area (TPSA) is 107 Å². The highest BCUT2D eigenvalue weighted by molar-refractivity contribution is 7.99. The molecule has 3 rings (SSSR count). The van der Waals surface area contributed by atoms with Crippen molar-refractivity contribution in [2.75, 3.05) is 24.6 Å². The molecule has 1 aliphatic heterocycles. The average Bonchev–Trinajstić information content (AvgIpc) is 2.81. The van der Waals surface area contributed by atoms with Crippen molar-refractivity contribution in [1.82, 2.24) is 20.3 Å². The molecule has 0 aromatic carbocycles. The maximum atomic E-state index is 12.9. The number of alkyl carbamates (subject to hydrolysis) is 1. The first-order chi connectivity index (χ1) is 17.3. The summed E-state index contributed by atoms with van der Waals surface area (Å²) in [6.07, 6.45) is 2.77. The summed E-state index contributed by atoms with van der Waals surface area (Å²) in [6, 6.07) is 3.54. The molecule has 1 amide bonds. The monoisotopic (exact) mass is 549 g/mol. The van der Waals surface area contributed by atoms with Crippen molar-refractivity contribution in [1.29, 1.82) is 0 Å². The molecule has 37 heavy (non-hydrogen) atoms. The van der Waals surface area contributed by atoms with Gasteiger partial charge in [0.2, 0.25) is 0 Å². The van der Waals surface area contributed by atoms with Crippen LogP contribution in [0.3, 0.4) is 0 Å². The van der Waals surface area contributed by atoms with Crippen molar-refractivity contribution in [3.05, 3.63) is 34.9 Å². The second-order valence-electron chi connectivity index (χ2n) is 10.4. The Bertz CT molecular complexity index is 1130. The maximum Gasteiger partial charge on any atom is 0.407 e. The lowest BCUT2D eigenvalue weighted by Crippen LogP contribution is -2.51. The van der Waals surface area contributed by atoms with Crippen LogP contribution in [0.1, 0.15) is 70.6 Å². The highest BCUT2D eigenvalue weighted by Gasteiger charge is 2.38. The second-order valence-corrected chi connectivity index (χ2v) is 11.8. The smallest absolute Gasteiger partial charge is 0.407 e. The van der Waals surface area contributed by atoms with Crippen molar-refractivity contribution in [3.63, 3.8) is 0 Å². The second kappa shape index (κ2) is 11.9. The summed E-state index contributed by atoms with van der Waals surface area (Å²) in [7, 11) is 0. The van der Waals surface area contributed by atoms with Crippen LogP contribution in [0.15, 0.2) is 28.3 Å². The van der Waals surface area contributed by atoms with Crippen LogP contribution in [-0.4, -0.2) is 58.4 Å². The number of hydrogen-bond acceptors (Lipinski definition) is 9. The number of aromatic nitrogens is 3. The summed E-state index contributed by atoms with van der Waals surface area (Å²) in [5, 5.41) is 3.92. The third-order valence-corrected chi connectivity index (χ3v) is 7.94. The normalized spacial score (nSPS) is 16.2. The zero-order valence-electron chi connectivity index (χ0n) is 22.6. The van der Waals surface area contributed by atoms with Crippen LogP contribution >= 0.6 is 23.4 Å². The van der Waals surface area contributed by atoms with Gasteiger partial charge in [0, 0.05) is 25.3 Å². The van der Waals surface area contributed by atoms with Crippen molar-refractivity contribution < 1.29 is 19.1 Å². The van der Waals surface area contributed by atoms with E-state index in [2.05, 4.69) is 27.1 Å². The minimum atomic E-state index is -0.555. The molecule has 2 aromatic heterocycles. The van der Waals surface area contributed by atoms with E-state index in [0.29, 0.717) is 34.8 Å². The van der Waals surface area contributed by atoms with Gasteiger partial charge in [-0.15, -0.1) is 0 Å². The van der Waals surface area contributed by atoms with Crippen LogP contribution in [0.25, 0.3) is 0 Å². The Balaban J connectivity index is 1.80. The summed E-state index contributed by atoms with van der Waals surface area (Å²) in [4.78, 5) is 41.6. The lowest BCUT2D eigenvalue weighted by atomic mass is 9.74. The van der Waals surface area contributed by atoms with E-state index in [1.165, 1.54) is 11.8 Å². The van der Waals surface area contributed by atoms with Crippen molar-refractivity contribution >= 4 is 41.2 Å². The van der Waals surface area contributed by atoms with Crippen LogP contribution in [0.4, 0.5) is 10.6 Å². The number of carbonyl (C=O) groups excluding carboxylic acids is 2. The van der Waals surface area contributed by atoms with Crippen LogP contribution in [0.5, 0.6) is 0 Å². The predicted octanol–water partition coefficient (Wildman–Crippen LogP) is 5.68. The molecule has 9 nitrogen and oxygen atoms in total. The minimum Gasteiger partial charge on any atom is -0.461 e. The number of piperidine rings is 1. The van der Waals surface area contributed by atoms with Crippen LogP contribution in [-0.2, 0) is 9.47 Å². The molecular weight excluding hydrogens is 514 g/mol. The summed E-state index contributed by atoms with van der Waals surface area (Å²) < 4.78 is 10.7. The lowest BCUT2D eigenvalue weighted by Gasteiger charge is -2.44. The van der Waals surface area contributed by atoms with Gasteiger partial charge in [0.25, 0.3) is 0 Å². The molecular formula is C26H36ClN5O4S. The van der Waals surface area contributed by atoms with Gasteiger partial charge in [-0.2, -0.15) is 0 Å². The SMILES string of the molecule is CCOC(=O)c1nc(Sc2cccnc2Cl)c(C)nc1N1CCC(C)(C(C)NC(=O)OC(C)(C)C)CC1. The molecule has 1 aliphatic rings. The third kappa shape index (κ3) is 7.47. The zero-order chi connectivity index (χ0) is 27.4. The number of ether oxygens (including phenoxy) is 2. The van der Waals surface area contributed by atoms with Crippen molar-refractivity contribution in [2.45, 2.75) is 82.9 Å². The number of nitrogens with one attached hydrogen (secondary N) is 1. The Morgan fingerprint density at radius 3 is 2.54 bits per heavy atom. The van der Waals surface area contributed by atoms with Gasteiger partial charge >= 0.3 is 12.1 Å². The molecule has 0 bridgehead atoms.